The Morgan fingerprint density at radius 3 is 1.82 bits per heavy atom. The average Bonchev–Trinajstić information content (AvgIpc) is 2.48. The zero-order chi connectivity index (χ0) is 16.3. The fourth-order valence-corrected chi connectivity index (χ4v) is 5.39. The van der Waals surface area contributed by atoms with Crippen molar-refractivity contribution in [2.24, 2.45) is 0 Å². The molecule has 22 heavy (non-hydrogen) atoms. The summed E-state index contributed by atoms with van der Waals surface area (Å²) in [5.41, 5.74) is 1.57. The van der Waals surface area contributed by atoms with E-state index in [9.17, 15) is 0 Å². The summed E-state index contributed by atoms with van der Waals surface area (Å²) in [5, 5.41) is 1.56. The molecule has 0 N–H and O–H groups in total. The molecule has 0 saturated heterocycles. The van der Waals surface area contributed by atoms with E-state index in [4.69, 9.17) is 0 Å². The highest BCUT2D eigenvalue weighted by molar-refractivity contribution is 9.42. The maximum absolute atomic E-state index is 3.92. The van der Waals surface area contributed by atoms with Crippen molar-refractivity contribution in [1.29, 1.82) is 0 Å². The van der Waals surface area contributed by atoms with Crippen LogP contribution < -0.4 is 5.30 Å². The second-order valence-electron chi connectivity index (χ2n) is 6.88. The lowest BCUT2D eigenvalue weighted by Gasteiger charge is -2.13. The molecule has 0 amide bonds. The molecule has 0 spiro atoms. The number of halogens is 1. The molecule has 0 unspecified atom stereocenters. The van der Waals surface area contributed by atoms with Gasteiger partial charge >= 0.3 is 0 Å². The lowest BCUT2D eigenvalue weighted by molar-refractivity contribution is 0.556. The van der Waals surface area contributed by atoms with Gasteiger partial charge in [0.15, 0.2) is 0 Å². The van der Waals surface area contributed by atoms with Crippen molar-refractivity contribution in [2.75, 3.05) is 13.3 Å². The molecule has 126 valence electrons. The van der Waals surface area contributed by atoms with E-state index in [2.05, 4.69) is 60.0 Å². The molecular formula is C20H35BrP+. The summed E-state index contributed by atoms with van der Waals surface area (Å²) in [6.45, 7) is 6.99. The van der Waals surface area contributed by atoms with Gasteiger partial charge in [0.25, 0.3) is 0 Å². The van der Waals surface area contributed by atoms with Gasteiger partial charge in [-0.15, -0.1) is 0 Å². The van der Waals surface area contributed by atoms with Crippen LogP contribution in [0.15, 0.2) is 24.3 Å². The summed E-state index contributed by atoms with van der Waals surface area (Å²) < 4.78 is 0. The molecule has 0 aliphatic carbocycles. The van der Waals surface area contributed by atoms with Crippen LogP contribution in [-0.4, -0.2) is 13.3 Å². The molecule has 0 saturated carbocycles. The maximum Gasteiger partial charge on any atom is 0.144 e. The van der Waals surface area contributed by atoms with Gasteiger partial charge in [-0.05, 0) is 24.5 Å². The predicted octanol–water partition coefficient (Wildman–Crippen LogP) is 7.36. The minimum Gasteiger partial charge on any atom is -0.0654 e. The Bertz CT molecular complexity index is 395. The minimum absolute atomic E-state index is 1.07. The largest absolute Gasteiger partial charge is 0.144 e. The van der Waals surface area contributed by atoms with Crippen LogP contribution >= 0.6 is 21.5 Å². The summed E-state index contributed by atoms with van der Waals surface area (Å²) in [7, 11) is 0. The first-order chi connectivity index (χ1) is 10.6. The van der Waals surface area contributed by atoms with Gasteiger partial charge in [-0.1, -0.05) is 82.9 Å². The van der Waals surface area contributed by atoms with Crippen LogP contribution in [0.5, 0.6) is 0 Å². The highest BCUT2D eigenvalue weighted by atomic mass is 79.9. The number of hydrogen-bond acceptors (Lipinski definition) is 0. The zero-order valence-electron chi connectivity index (χ0n) is 14.9. The molecule has 1 rings (SSSR count). The van der Waals surface area contributed by atoms with Crippen molar-refractivity contribution in [3.05, 3.63) is 29.8 Å². The van der Waals surface area contributed by atoms with Crippen LogP contribution in [0.4, 0.5) is 0 Å². The van der Waals surface area contributed by atoms with Gasteiger partial charge in [-0.2, -0.15) is 0 Å². The Morgan fingerprint density at radius 1 is 0.773 bits per heavy atom. The average molecular weight is 386 g/mol. The Hall–Kier alpha value is 0.130. The third kappa shape index (κ3) is 8.68. The Labute approximate surface area is 147 Å². The molecule has 0 bridgehead atoms. The smallest absolute Gasteiger partial charge is 0.0654 e. The Morgan fingerprint density at radius 2 is 1.27 bits per heavy atom. The van der Waals surface area contributed by atoms with Crippen molar-refractivity contribution < 1.29 is 0 Å². The second-order valence-corrected chi connectivity index (χ2v) is 15.3. The summed E-state index contributed by atoms with van der Waals surface area (Å²) in [6, 6.07) is 9.01. The van der Waals surface area contributed by atoms with Gasteiger partial charge in [0.05, 0.1) is 13.3 Å². The zero-order valence-corrected chi connectivity index (χ0v) is 17.4. The summed E-state index contributed by atoms with van der Waals surface area (Å²) in [6.07, 6.45) is 15.4. The first-order valence-electron chi connectivity index (χ1n) is 9.18. The van der Waals surface area contributed by atoms with E-state index in [1.807, 2.05) is 0 Å². The van der Waals surface area contributed by atoms with E-state index in [0.29, 0.717) is 0 Å². The highest BCUT2D eigenvalue weighted by Gasteiger charge is 2.27. The Balaban J connectivity index is 2.13. The molecule has 0 nitrogen and oxygen atoms in total. The molecule has 0 fully saturated rings. The predicted molar refractivity (Wildman–Crippen MR) is 109 cm³/mol. The first kappa shape index (κ1) is 20.2. The molecule has 0 atom stereocenters. The lowest BCUT2D eigenvalue weighted by atomic mass is 10.0. The topological polar surface area (TPSA) is 0 Å². The molecule has 1 aromatic rings. The fraction of sp³-hybridized carbons (Fsp3) is 0.700. The van der Waals surface area contributed by atoms with Gasteiger partial charge < -0.3 is 0 Å². The van der Waals surface area contributed by atoms with Gasteiger partial charge in [0.1, 0.15) is 26.8 Å². The summed E-state index contributed by atoms with van der Waals surface area (Å²) in [5.74, 6) is -1.07. The molecule has 0 heterocycles. The third-order valence-corrected chi connectivity index (χ3v) is 7.09. The minimum atomic E-state index is -1.07. The van der Waals surface area contributed by atoms with Gasteiger partial charge in [-0.25, -0.2) is 0 Å². The quantitative estimate of drug-likeness (QED) is 0.260. The molecule has 0 aliphatic rings. The van der Waals surface area contributed by atoms with Crippen LogP contribution in [0.2, 0.25) is 0 Å². The van der Waals surface area contributed by atoms with Crippen LogP contribution in [0.25, 0.3) is 0 Å². The van der Waals surface area contributed by atoms with Gasteiger partial charge in [0, 0.05) is 0 Å². The Kier molecular flexibility index (Phi) is 10.7. The van der Waals surface area contributed by atoms with E-state index in [1.54, 1.807) is 10.9 Å². The first-order valence-corrected chi connectivity index (χ1v) is 13.9. The number of hydrogen-bond donors (Lipinski definition) is 0. The summed E-state index contributed by atoms with van der Waals surface area (Å²) >= 11 is 3.92. The van der Waals surface area contributed by atoms with Crippen molar-refractivity contribution in [1.82, 2.24) is 0 Å². The van der Waals surface area contributed by atoms with Gasteiger partial charge in [-0.3, -0.25) is 0 Å². The van der Waals surface area contributed by atoms with Crippen molar-refractivity contribution in [3.8, 4) is 0 Å². The summed E-state index contributed by atoms with van der Waals surface area (Å²) in [4.78, 5) is 0. The fourth-order valence-electron chi connectivity index (χ4n) is 3.04. The highest BCUT2D eigenvalue weighted by Crippen LogP contribution is 2.58. The number of rotatable bonds is 12. The monoisotopic (exact) mass is 385 g/mol. The lowest BCUT2D eigenvalue weighted by Crippen LogP contribution is -2.11. The number of unbranched alkanes of at least 4 members (excludes halogenated alkanes) is 9. The normalized spacial score (nSPS) is 11.8. The van der Waals surface area contributed by atoms with E-state index < -0.39 is 5.96 Å². The van der Waals surface area contributed by atoms with Crippen LogP contribution in [0, 0.1) is 0 Å². The van der Waals surface area contributed by atoms with Crippen molar-refractivity contribution >= 4 is 26.8 Å². The molecule has 1 aromatic carbocycles. The molecule has 0 aliphatic heterocycles. The van der Waals surface area contributed by atoms with Crippen molar-refractivity contribution in [2.45, 2.75) is 77.6 Å². The SMILES string of the molecule is CCCCCCCCCCCCc1ccccc1[P+](C)(C)Br. The van der Waals surface area contributed by atoms with Crippen LogP contribution in [-0.2, 0) is 6.42 Å². The van der Waals surface area contributed by atoms with E-state index in [1.165, 1.54) is 70.6 Å². The number of benzene rings is 1. The standard InChI is InChI=1S/C20H35BrP/c1-4-5-6-7-8-9-10-11-12-13-16-19-17-14-15-18-20(19)22(2,3)21/h14-15,17-18H,4-13,16H2,1-3H3/q+1. The third-order valence-electron chi connectivity index (χ3n) is 4.36. The van der Waals surface area contributed by atoms with Crippen LogP contribution in [0.1, 0.15) is 76.7 Å². The molecular weight excluding hydrogens is 351 g/mol. The van der Waals surface area contributed by atoms with Crippen LogP contribution in [0.3, 0.4) is 0 Å². The van der Waals surface area contributed by atoms with Gasteiger partial charge in [0.2, 0.25) is 0 Å². The maximum atomic E-state index is 3.92. The molecule has 0 aromatic heterocycles. The molecule has 0 radical (unpaired) electrons. The molecule has 2 heteroatoms. The number of aryl methyl sites for hydroxylation is 1. The van der Waals surface area contributed by atoms with E-state index in [0.717, 1.165) is 0 Å². The van der Waals surface area contributed by atoms with E-state index >= 15 is 0 Å². The van der Waals surface area contributed by atoms with Crippen molar-refractivity contribution in [3.63, 3.8) is 0 Å². The van der Waals surface area contributed by atoms with E-state index in [-0.39, 0.29) is 0 Å². The second kappa shape index (κ2) is 11.6.